The molecular weight excluding hydrogens is 979 g/mol. The molecule has 14 aromatic rings. The van der Waals surface area contributed by atoms with Crippen LogP contribution in [0.1, 0.15) is 55.6 Å². The van der Waals surface area contributed by atoms with Gasteiger partial charge in [0.1, 0.15) is 0 Å². The van der Waals surface area contributed by atoms with E-state index in [1.165, 1.54) is 71.9 Å². The third kappa shape index (κ3) is 6.64. The lowest BCUT2D eigenvalue weighted by Crippen LogP contribution is -2.38. The maximum Gasteiger partial charge on any atom is 0.0742 e. The van der Waals surface area contributed by atoms with Crippen molar-refractivity contribution in [2.75, 3.05) is 9.80 Å². The van der Waals surface area contributed by atoms with E-state index < -0.39 is 10.8 Å². The molecule has 2 aliphatic rings. The molecule has 0 N–H and O–H groups in total. The van der Waals surface area contributed by atoms with Gasteiger partial charge in [-0.3, -0.25) is 0 Å². The molecule has 1 aromatic heterocycles. The number of aromatic nitrogens is 1. The van der Waals surface area contributed by atoms with E-state index in [-0.39, 0.29) is 0 Å². The summed E-state index contributed by atoms with van der Waals surface area (Å²) in [5.74, 6) is 0. The second-order valence-electron chi connectivity index (χ2n) is 22.1. The van der Waals surface area contributed by atoms with Gasteiger partial charge in [0, 0.05) is 38.0 Å². The first-order valence-electron chi connectivity index (χ1n) is 28.3. The van der Waals surface area contributed by atoms with Crippen molar-refractivity contribution in [1.82, 2.24) is 4.57 Å². The Labute approximate surface area is 472 Å². The number of para-hydroxylation sites is 4. The van der Waals surface area contributed by atoms with Crippen molar-refractivity contribution in [2.45, 2.75) is 24.7 Å². The van der Waals surface area contributed by atoms with Crippen molar-refractivity contribution in [3.8, 4) is 5.69 Å². The predicted octanol–water partition coefficient (Wildman–Crippen LogP) is 20.0. The van der Waals surface area contributed by atoms with Crippen LogP contribution in [0.4, 0.5) is 34.1 Å². The zero-order valence-electron chi connectivity index (χ0n) is 45.1. The Morgan fingerprint density at radius 1 is 0.247 bits per heavy atom. The SMILES string of the molecule is Cc1cc(C)cc(-n2c3ccccc3c3cc4c(cc32)N(c2c3ccccc3c(N3c5ccccc5C(c5ccccc5)(c5ccccc5)c5ccccc53)c3ccccc23)c2ccccc2C4(c2ccccc2)c2ccccc2)c1. The summed E-state index contributed by atoms with van der Waals surface area (Å²) in [7, 11) is 0. The van der Waals surface area contributed by atoms with Crippen LogP contribution in [0.25, 0.3) is 49.0 Å². The van der Waals surface area contributed by atoms with Gasteiger partial charge < -0.3 is 14.4 Å². The zero-order chi connectivity index (χ0) is 53.8. The molecular formula is C78H55N3. The minimum atomic E-state index is -0.709. The summed E-state index contributed by atoms with van der Waals surface area (Å²) in [4.78, 5) is 5.23. The highest BCUT2D eigenvalue weighted by atomic mass is 15.2. The average molecular weight is 1030 g/mol. The minimum absolute atomic E-state index is 0.603. The molecule has 0 saturated carbocycles. The van der Waals surface area contributed by atoms with Gasteiger partial charge in [0.15, 0.2) is 0 Å². The Morgan fingerprint density at radius 2 is 0.580 bits per heavy atom. The first-order chi connectivity index (χ1) is 40.0. The Morgan fingerprint density at radius 3 is 1.00 bits per heavy atom. The van der Waals surface area contributed by atoms with Crippen LogP contribution in [0.5, 0.6) is 0 Å². The predicted molar refractivity (Wildman–Crippen MR) is 338 cm³/mol. The normalized spacial score (nSPS) is 14.0. The molecule has 382 valence electrons. The zero-order valence-corrected chi connectivity index (χ0v) is 45.1. The maximum atomic E-state index is 2.64. The maximum absolute atomic E-state index is 2.64. The number of anilines is 6. The van der Waals surface area contributed by atoms with E-state index in [4.69, 9.17) is 0 Å². The summed E-state index contributed by atoms with van der Waals surface area (Å²) in [6.45, 7) is 4.42. The summed E-state index contributed by atoms with van der Waals surface area (Å²) in [5.41, 5.74) is 21.3. The Balaban J connectivity index is 1.05. The molecule has 0 amide bonds. The molecule has 3 nitrogen and oxygen atoms in total. The van der Waals surface area contributed by atoms with Crippen LogP contribution in [-0.4, -0.2) is 4.57 Å². The first kappa shape index (κ1) is 46.8. The Kier molecular flexibility index (Phi) is 10.5. The molecule has 0 saturated heterocycles. The molecule has 0 bridgehead atoms. The molecule has 3 heterocycles. The molecule has 81 heavy (non-hydrogen) atoms. The van der Waals surface area contributed by atoms with E-state index in [9.17, 15) is 0 Å². The summed E-state index contributed by atoms with van der Waals surface area (Å²) in [6, 6.07) is 112. The first-order valence-corrected chi connectivity index (χ1v) is 28.3. The van der Waals surface area contributed by atoms with Crippen molar-refractivity contribution >= 4 is 77.5 Å². The van der Waals surface area contributed by atoms with Gasteiger partial charge in [-0.15, -0.1) is 0 Å². The fraction of sp³-hybridized carbons (Fsp3) is 0.0513. The van der Waals surface area contributed by atoms with Crippen LogP contribution in [0, 0.1) is 13.8 Å². The van der Waals surface area contributed by atoms with E-state index in [0.717, 1.165) is 66.9 Å². The van der Waals surface area contributed by atoms with Crippen LogP contribution >= 0.6 is 0 Å². The van der Waals surface area contributed by atoms with E-state index in [2.05, 4.69) is 325 Å². The molecule has 3 heteroatoms. The number of hydrogen-bond acceptors (Lipinski definition) is 2. The van der Waals surface area contributed by atoms with Crippen molar-refractivity contribution in [3.05, 3.63) is 353 Å². The van der Waals surface area contributed by atoms with Crippen LogP contribution in [0.2, 0.25) is 0 Å². The highest BCUT2D eigenvalue weighted by molar-refractivity contribution is 6.25. The fourth-order valence-corrected chi connectivity index (χ4v) is 14.7. The smallest absolute Gasteiger partial charge is 0.0742 e. The van der Waals surface area contributed by atoms with Gasteiger partial charge in [-0.1, -0.05) is 249 Å². The summed E-state index contributed by atoms with van der Waals surface area (Å²) >= 11 is 0. The van der Waals surface area contributed by atoms with Crippen LogP contribution in [0.15, 0.2) is 297 Å². The van der Waals surface area contributed by atoms with Crippen LogP contribution in [-0.2, 0) is 10.8 Å². The average Bonchev–Trinajstić information content (AvgIpc) is 3.89. The van der Waals surface area contributed by atoms with Crippen LogP contribution < -0.4 is 9.80 Å². The number of aryl methyl sites for hydroxylation is 2. The molecule has 16 rings (SSSR count). The molecule has 0 aliphatic carbocycles. The van der Waals surface area contributed by atoms with Gasteiger partial charge in [0.25, 0.3) is 0 Å². The Bertz CT molecular complexity index is 4580. The summed E-state index contributed by atoms with van der Waals surface area (Å²) in [6.07, 6.45) is 0. The number of hydrogen-bond donors (Lipinski definition) is 0. The standard InChI is InChI=1S/C78H55N3/c1-52-47-53(2)49-58(48-52)79-69-43-23-19-35-59(69)64-50-68-74(51-73(64)79)81(72-46-26-22-42-67(72)78(68,56-31-11-5-12-32-56)57-33-13-6-14-34-57)76-62-38-17-15-36-60(62)75(61-37-16-18-39-63(61)76)80-70-44-24-20-40-65(70)77(54-27-7-3-8-28-54,55-29-9-4-10-30-55)66-41-21-25-45-71(66)80/h3-51H,1-2H3. The topological polar surface area (TPSA) is 11.4 Å². The van der Waals surface area contributed by atoms with Gasteiger partial charge in [0.2, 0.25) is 0 Å². The highest BCUT2D eigenvalue weighted by Crippen LogP contribution is 2.63. The lowest BCUT2D eigenvalue weighted by atomic mass is 9.62. The van der Waals surface area contributed by atoms with E-state index in [0.29, 0.717) is 0 Å². The Hall–Kier alpha value is -10.2. The molecule has 0 unspecified atom stereocenters. The summed E-state index contributed by atoms with van der Waals surface area (Å²) in [5, 5.41) is 7.08. The molecule has 2 aliphatic heterocycles. The lowest BCUT2D eigenvalue weighted by molar-refractivity contribution is 0.731. The minimum Gasteiger partial charge on any atom is -0.309 e. The molecule has 0 fully saturated rings. The number of benzene rings is 13. The van der Waals surface area contributed by atoms with Gasteiger partial charge in [-0.25, -0.2) is 0 Å². The molecule has 0 atom stereocenters. The second kappa shape index (κ2) is 18.2. The van der Waals surface area contributed by atoms with E-state index in [1.807, 2.05) is 0 Å². The quantitative estimate of drug-likeness (QED) is 0.147. The van der Waals surface area contributed by atoms with Crippen molar-refractivity contribution < 1.29 is 0 Å². The van der Waals surface area contributed by atoms with Gasteiger partial charge in [-0.05, 0) is 118 Å². The fourth-order valence-electron chi connectivity index (χ4n) is 14.7. The molecule has 0 radical (unpaired) electrons. The summed E-state index contributed by atoms with van der Waals surface area (Å²) < 4.78 is 2.51. The van der Waals surface area contributed by atoms with Crippen molar-refractivity contribution in [1.29, 1.82) is 0 Å². The number of rotatable bonds is 7. The van der Waals surface area contributed by atoms with E-state index >= 15 is 0 Å². The van der Waals surface area contributed by atoms with Gasteiger partial charge in [0.05, 0.1) is 56.0 Å². The molecule has 13 aromatic carbocycles. The van der Waals surface area contributed by atoms with E-state index in [1.54, 1.807) is 0 Å². The largest absolute Gasteiger partial charge is 0.309 e. The number of fused-ring (bicyclic) bond motifs is 9. The monoisotopic (exact) mass is 1030 g/mol. The lowest BCUT2D eigenvalue weighted by Gasteiger charge is -2.48. The third-order valence-electron chi connectivity index (χ3n) is 17.7. The van der Waals surface area contributed by atoms with Crippen LogP contribution in [0.3, 0.4) is 0 Å². The molecule has 0 spiro atoms. The van der Waals surface area contributed by atoms with Gasteiger partial charge in [-0.2, -0.15) is 0 Å². The third-order valence-corrected chi connectivity index (χ3v) is 17.7. The number of nitrogens with zero attached hydrogens (tertiary/aromatic N) is 3. The van der Waals surface area contributed by atoms with Gasteiger partial charge >= 0.3 is 0 Å². The van der Waals surface area contributed by atoms with Crippen molar-refractivity contribution in [2.24, 2.45) is 0 Å². The second-order valence-corrected chi connectivity index (χ2v) is 22.1. The highest BCUT2D eigenvalue weighted by Gasteiger charge is 2.49. The van der Waals surface area contributed by atoms with Crippen molar-refractivity contribution in [3.63, 3.8) is 0 Å².